The van der Waals surface area contributed by atoms with Gasteiger partial charge in [0.25, 0.3) is 0 Å². The molecule has 3 heterocycles. The van der Waals surface area contributed by atoms with E-state index >= 15 is 0 Å². The molecule has 0 saturated heterocycles. The van der Waals surface area contributed by atoms with E-state index in [0.717, 1.165) is 24.6 Å². The van der Waals surface area contributed by atoms with Crippen molar-refractivity contribution in [2.75, 3.05) is 11.9 Å². The molecule has 2 aromatic rings. The number of rotatable bonds is 1. The Kier molecular flexibility index (Phi) is 1.18. The van der Waals surface area contributed by atoms with E-state index in [0.29, 0.717) is 0 Å². The summed E-state index contributed by atoms with van der Waals surface area (Å²) >= 11 is 0. The van der Waals surface area contributed by atoms with E-state index in [9.17, 15) is 0 Å². The molecule has 2 N–H and O–H groups in total. The molecular formula is C7H8N6. The summed E-state index contributed by atoms with van der Waals surface area (Å²) in [6, 6.07) is 0. The molecule has 2 aromatic heterocycles. The Bertz CT molecular complexity index is 393. The summed E-state index contributed by atoms with van der Waals surface area (Å²) in [6.07, 6.45) is 4.66. The zero-order chi connectivity index (χ0) is 8.67. The van der Waals surface area contributed by atoms with Crippen LogP contribution < -0.4 is 5.32 Å². The van der Waals surface area contributed by atoms with E-state index in [1.807, 2.05) is 6.20 Å². The zero-order valence-corrected chi connectivity index (χ0v) is 6.86. The molecule has 3 rings (SSSR count). The topological polar surface area (TPSA) is 71.4 Å². The van der Waals surface area contributed by atoms with Crippen LogP contribution >= 0.6 is 0 Å². The number of hydrogen-bond donors (Lipinski definition) is 2. The highest BCUT2D eigenvalue weighted by Gasteiger charge is 2.15. The largest absolute Gasteiger partial charge is 0.368 e. The van der Waals surface area contributed by atoms with Gasteiger partial charge in [-0.3, -0.25) is 0 Å². The molecule has 0 radical (unpaired) electrons. The van der Waals surface area contributed by atoms with E-state index in [1.165, 1.54) is 5.56 Å². The van der Waals surface area contributed by atoms with E-state index in [-0.39, 0.29) is 0 Å². The molecule has 0 amide bonds. The van der Waals surface area contributed by atoms with Crippen LogP contribution in [0.25, 0.3) is 5.82 Å². The van der Waals surface area contributed by atoms with Crippen molar-refractivity contribution in [2.45, 2.75) is 6.42 Å². The Morgan fingerprint density at radius 3 is 3.23 bits per heavy atom. The molecule has 0 atom stereocenters. The van der Waals surface area contributed by atoms with E-state index in [2.05, 4.69) is 25.8 Å². The van der Waals surface area contributed by atoms with Gasteiger partial charge in [-0.25, -0.2) is 4.68 Å². The first-order valence-electron chi connectivity index (χ1n) is 4.12. The summed E-state index contributed by atoms with van der Waals surface area (Å²) in [5.41, 5.74) is 1.24. The number of nitrogens with one attached hydrogen (secondary N) is 2. The van der Waals surface area contributed by atoms with Crippen LogP contribution in [0, 0.1) is 0 Å². The van der Waals surface area contributed by atoms with Crippen LogP contribution in [0.3, 0.4) is 0 Å². The standard InChI is InChI=1S/C7H8N6/c1-2-8-7-5(1)4-13(11-7)6-3-9-12-10-6/h3-4H,1-2H2,(H,8,11)(H,9,10,12). The summed E-state index contributed by atoms with van der Waals surface area (Å²) in [5.74, 6) is 1.68. The van der Waals surface area contributed by atoms with Crippen molar-refractivity contribution < 1.29 is 0 Å². The quantitative estimate of drug-likeness (QED) is 0.639. The van der Waals surface area contributed by atoms with Crippen molar-refractivity contribution in [3.8, 4) is 5.82 Å². The number of aromatic amines is 1. The van der Waals surface area contributed by atoms with Gasteiger partial charge in [-0.2, -0.15) is 10.3 Å². The molecule has 66 valence electrons. The normalized spacial score (nSPS) is 14.2. The Labute approximate surface area is 74.0 Å². The maximum atomic E-state index is 4.32. The van der Waals surface area contributed by atoms with Crippen LogP contribution in [0.4, 0.5) is 5.82 Å². The second-order valence-corrected chi connectivity index (χ2v) is 2.95. The highest BCUT2D eigenvalue weighted by atomic mass is 15.4. The fourth-order valence-electron chi connectivity index (χ4n) is 1.48. The van der Waals surface area contributed by atoms with Crippen LogP contribution in [0.15, 0.2) is 12.4 Å². The Morgan fingerprint density at radius 1 is 1.46 bits per heavy atom. The second-order valence-electron chi connectivity index (χ2n) is 2.95. The lowest BCUT2D eigenvalue weighted by Crippen LogP contribution is -2.00. The van der Waals surface area contributed by atoms with Gasteiger partial charge in [-0.15, -0.1) is 10.2 Å². The van der Waals surface area contributed by atoms with Gasteiger partial charge in [-0.1, -0.05) is 0 Å². The number of H-pyrrole nitrogens is 1. The van der Waals surface area contributed by atoms with E-state index in [4.69, 9.17) is 0 Å². The third kappa shape index (κ3) is 0.915. The van der Waals surface area contributed by atoms with Crippen LogP contribution in [-0.4, -0.2) is 31.7 Å². The molecule has 0 unspecified atom stereocenters. The lowest BCUT2D eigenvalue weighted by molar-refractivity contribution is 0.823. The number of anilines is 1. The van der Waals surface area contributed by atoms with E-state index < -0.39 is 0 Å². The van der Waals surface area contributed by atoms with Gasteiger partial charge in [0.05, 0.1) is 6.20 Å². The molecule has 13 heavy (non-hydrogen) atoms. The third-order valence-electron chi connectivity index (χ3n) is 2.11. The van der Waals surface area contributed by atoms with Crippen molar-refractivity contribution in [3.63, 3.8) is 0 Å². The molecular weight excluding hydrogens is 168 g/mol. The van der Waals surface area contributed by atoms with Gasteiger partial charge in [0.2, 0.25) is 0 Å². The average Bonchev–Trinajstić information content (AvgIpc) is 2.78. The molecule has 0 spiro atoms. The summed E-state index contributed by atoms with van der Waals surface area (Å²) < 4.78 is 1.72. The fraction of sp³-hybridized carbons (Fsp3) is 0.286. The molecule has 1 aliphatic rings. The maximum absolute atomic E-state index is 4.32. The molecule has 0 aliphatic carbocycles. The van der Waals surface area contributed by atoms with Gasteiger partial charge in [0.1, 0.15) is 0 Å². The molecule has 0 aromatic carbocycles. The van der Waals surface area contributed by atoms with Crippen molar-refractivity contribution in [3.05, 3.63) is 18.0 Å². The smallest absolute Gasteiger partial charge is 0.195 e. The van der Waals surface area contributed by atoms with Crippen LogP contribution in [0.2, 0.25) is 0 Å². The predicted molar refractivity (Wildman–Crippen MR) is 45.7 cm³/mol. The lowest BCUT2D eigenvalue weighted by Gasteiger charge is -1.94. The van der Waals surface area contributed by atoms with Crippen LogP contribution in [0.1, 0.15) is 5.56 Å². The Balaban J connectivity index is 2.08. The van der Waals surface area contributed by atoms with Gasteiger partial charge < -0.3 is 5.32 Å². The van der Waals surface area contributed by atoms with Gasteiger partial charge in [0, 0.05) is 18.3 Å². The first kappa shape index (κ1) is 6.64. The second kappa shape index (κ2) is 2.32. The molecule has 0 fully saturated rings. The summed E-state index contributed by atoms with van der Waals surface area (Å²) in [5, 5.41) is 17.7. The minimum Gasteiger partial charge on any atom is -0.368 e. The Hall–Kier alpha value is -1.85. The SMILES string of the molecule is c1n[nH]nc1-n1cc2c(n1)NCC2. The molecule has 6 heteroatoms. The predicted octanol–water partition coefficient (Wildman–Crippen LogP) is -0.0416. The number of nitrogens with zero attached hydrogens (tertiary/aromatic N) is 4. The van der Waals surface area contributed by atoms with Crippen molar-refractivity contribution >= 4 is 5.82 Å². The van der Waals surface area contributed by atoms with Gasteiger partial charge in [-0.05, 0) is 6.42 Å². The molecule has 6 nitrogen and oxygen atoms in total. The van der Waals surface area contributed by atoms with Crippen molar-refractivity contribution in [1.82, 2.24) is 25.2 Å². The summed E-state index contributed by atoms with van der Waals surface area (Å²) in [7, 11) is 0. The van der Waals surface area contributed by atoms with E-state index in [1.54, 1.807) is 10.9 Å². The summed E-state index contributed by atoms with van der Waals surface area (Å²) in [6.45, 7) is 0.983. The highest BCUT2D eigenvalue weighted by molar-refractivity contribution is 5.48. The van der Waals surface area contributed by atoms with Crippen molar-refractivity contribution in [1.29, 1.82) is 0 Å². The van der Waals surface area contributed by atoms with Gasteiger partial charge in [0.15, 0.2) is 11.6 Å². The number of hydrogen-bond acceptors (Lipinski definition) is 4. The minimum absolute atomic E-state index is 0.719. The number of aromatic nitrogens is 5. The van der Waals surface area contributed by atoms with Gasteiger partial charge >= 0.3 is 0 Å². The van der Waals surface area contributed by atoms with Crippen LogP contribution in [0.5, 0.6) is 0 Å². The van der Waals surface area contributed by atoms with Crippen LogP contribution in [-0.2, 0) is 6.42 Å². The molecule has 0 bridgehead atoms. The monoisotopic (exact) mass is 176 g/mol. The first-order chi connectivity index (χ1) is 6.43. The highest BCUT2D eigenvalue weighted by Crippen LogP contribution is 2.20. The maximum Gasteiger partial charge on any atom is 0.195 e. The lowest BCUT2D eigenvalue weighted by atomic mass is 10.3. The fourth-order valence-corrected chi connectivity index (χ4v) is 1.48. The first-order valence-corrected chi connectivity index (χ1v) is 4.12. The summed E-state index contributed by atoms with van der Waals surface area (Å²) in [4.78, 5) is 0. The molecule has 1 aliphatic heterocycles. The third-order valence-corrected chi connectivity index (χ3v) is 2.11. The molecule has 0 saturated carbocycles. The number of fused-ring (bicyclic) bond motifs is 1. The zero-order valence-electron chi connectivity index (χ0n) is 6.86. The average molecular weight is 176 g/mol. The minimum atomic E-state index is 0.719. The van der Waals surface area contributed by atoms with Crippen molar-refractivity contribution in [2.24, 2.45) is 0 Å². The Morgan fingerprint density at radius 2 is 2.46 bits per heavy atom.